The van der Waals surface area contributed by atoms with Crippen LogP contribution in [0.3, 0.4) is 0 Å². The van der Waals surface area contributed by atoms with E-state index in [1.807, 2.05) is 0 Å². The highest BCUT2D eigenvalue weighted by Crippen LogP contribution is 2.31. The maximum absolute atomic E-state index is 3.63. The van der Waals surface area contributed by atoms with Crippen molar-refractivity contribution in [2.45, 2.75) is 52.1 Å². The molecule has 1 heterocycles. The van der Waals surface area contributed by atoms with Crippen LogP contribution in [-0.2, 0) is 0 Å². The molecule has 1 N–H and O–H groups in total. The second-order valence-corrected chi connectivity index (χ2v) is 5.66. The van der Waals surface area contributed by atoms with Crippen molar-refractivity contribution in [3.63, 3.8) is 0 Å². The summed E-state index contributed by atoms with van der Waals surface area (Å²) in [7, 11) is 0. The third-order valence-electron chi connectivity index (χ3n) is 4.14. The Balaban J connectivity index is 1.92. The molecule has 3 atom stereocenters. The zero-order chi connectivity index (χ0) is 10.8. The van der Waals surface area contributed by atoms with Gasteiger partial charge in [0.1, 0.15) is 0 Å². The van der Waals surface area contributed by atoms with Gasteiger partial charge in [-0.2, -0.15) is 0 Å². The molecule has 2 aliphatic rings. The average molecular weight is 210 g/mol. The molecular weight excluding hydrogens is 184 g/mol. The summed E-state index contributed by atoms with van der Waals surface area (Å²) in [4.78, 5) is 2.76. The molecular formula is C13H26N2. The molecule has 2 rings (SSSR count). The summed E-state index contributed by atoms with van der Waals surface area (Å²) in [6.45, 7) is 10.8. The summed E-state index contributed by atoms with van der Waals surface area (Å²) in [5.41, 5.74) is 0. The zero-order valence-corrected chi connectivity index (χ0v) is 10.5. The maximum atomic E-state index is 3.63. The highest BCUT2D eigenvalue weighted by molar-refractivity contribution is 4.89. The van der Waals surface area contributed by atoms with E-state index in [0.717, 1.165) is 17.9 Å². The van der Waals surface area contributed by atoms with Crippen LogP contribution >= 0.6 is 0 Å². The summed E-state index contributed by atoms with van der Waals surface area (Å²) in [5, 5.41) is 3.63. The predicted molar refractivity (Wildman–Crippen MR) is 65.0 cm³/mol. The van der Waals surface area contributed by atoms with Gasteiger partial charge >= 0.3 is 0 Å². The van der Waals surface area contributed by atoms with Crippen molar-refractivity contribution in [2.24, 2.45) is 11.8 Å². The lowest BCUT2D eigenvalue weighted by Crippen LogP contribution is -2.58. The van der Waals surface area contributed by atoms with Crippen LogP contribution in [0.25, 0.3) is 0 Å². The van der Waals surface area contributed by atoms with Gasteiger partial charge in [0, 0.05) is 31.7 Å². The van der Waals surface area contributed by atoms with Gasteiger partial charge in [-0.3, -0.25) is 4.90 Å². The summed E-state index contributed by atoms with van der Waals surface area (Å²) < 4.78 is 0. The van der Waals surface area contributed by atoms with E-state index in [2.05, 4.69) is 31.0 Å². The predicted octanol–water partition coefficient (Wildman–Crippen LogP) is 2.10. The number of piperazine rings is 1. The Morgan fingerprint density at radius 2 is 2.13 bits per heavy atom. The molecule has 1 saturated heterocycles. The van der Waals surface area contributed by atoms with Crippen molar-refractivity contribution in [3.05, 3.63) is 0 Å². The molecule has 3 unspecified atom stereocenters. The monoisotopic (exact) mass is 210 g/mol. The SMILES string of the molecule is CCC(C)C1CNC(C)CN1CC1CC1. The van der Waals surface area contributed by atoms with Gasteiger partial charge in [-0.25, -0.2) is 0 Å². The van der Waals surface area contributed by atoms with Crippen molar-refractivity contribution in [1.82, 2.24) is 10.2 Å². The first-order valence-electron chi connectivity index (χ1n) is 6.68. The van der Waals surface area contributed by atoms with Gasteiger partial charge in [-0.1, -0.05) is 20.3 Å². The standard InChI is InChI=1S/C13H26N2/c1-4-10(2)13-7-14-11(3)8-15(13)9-12-5-6-12/h10-14H,4-9H2,1-3H3. The fraction of sp³-hybridized carbons (Fsp3) is 1.00. The van der Waals surface area contributed by atoms with Crippen LogP contribution in [0.1, 0.15) is 40.0 Å². The first-order chi connectivity index (χ1) is 7.20. The number of rotatable bonds is 4. The molecule has 0 aromatic carbocycles. The van der Waals surface area contributed by atoms with E-state index in [9.17, 15) is 0 Å². The fourth-order valence-electron chi connectivity index (χ4n) is 2.68. The molecule has 1 aliphatic heterocycles. The fourth-order valence-corrected chi connectivity index (χ4v) is 2.68. The van der Waals surface area contributed by atoms with Crippen LogP contribution < -0.4 is 5.32 Å². The summed E-state index contributed by atoms with van der Waals surface area (Å²) in [5.74, 6) is 1.87. The molecule has 0 aromatic rings. The number of nitrogens with zero attached hydrogens (tertiary/aromatic N) is 1. The van der Waals surface area contributed by atoms with E-state index >= 15 is 0 Å². The van der Waals surface area contributed by atoms with Crippen LogP contribution in [0.5, 0.6) is 0 Å². The van der Waals surface area contributed by atoms with Gasteiger partial charge in [0.25, 0.3) is 0 Å². The molecule has 0 aromatic heterocycles. The molecule has 0 bridgehead atoms. The highest BCUT2D eigenvalue weighted by atomic mass is 15.2. The second kappa shape index (κ2) is 4.84. The van der Waals surface area contributed by atoms with Crippen LogP contribution in [0.15, 0.2) is 0 Å². The minimum atomic E-state index is 0.684. The van der Waals surface area contributed by atoms with Gasteiger partial charge in [-0.05, 0) is 31.6 Å². The normalized spacial score (nSPS) is 35.4. The molecule has 15 heavy (non-hydrogen) atoms. The Morgan fingerprint density at radius 1 is 1.40 bits per heavy atom. The molecule has 0 amide bonds. The van der Waals surface area contributed by atoms with Gasteiger partial charge in [0.2, 0.25) is 0 Å². The zero-order valence-electron chi connectivity index (χ0n) is 10.5. The van der Waals surface area contributed by atoms with Gasteiger partial charge in [0.15, 0.2) is 0 Å². The van der Waals surface area contributed by atoms with Crippen LogP contribution in [0.2, 0.25) is 0 Å². The molecule has 2 nitrogen and oxygen atoms in total. The summed E-state index contributed by atoms with van der Waals surface area (Å²) in [6.07, 6.45) is 4.26. The number of hydrogen-bond acceptors (Lipinski definition) is 2. The van der Waals surface area contributed by atoms with E-state index in [0.29, 0.717) is 6.04 Å². The minimum Gasteiger partial charge on any atom is -0.311 e. The molecule has 0 radical (unpaired) electrons. The van der Waals surface area contributed by atoms with Gasteiger partial charge < -0.3 is 5.32 Å². The Hall–Kier alpha value is -0.0800. The molecule has 88 valence electrons. The van der Waals surface area contributed by atoms with Crippen LogP contribution in [0.4, 0.5) is 0 Å². The van der Waals surface area contributed by atoms with Gasteiger partial charge in [-0.15, -0.1) is 0 Å². The molecule has 1 aliphatic carbocycles. The molecule has 2 fully saturated rings. The molecule has 2 heteroatoms. The number of nitrogens with one attached hydrogen (secondary N) is 1. The van der Waals surface area contributed by atoms with E-state index < -0.39 is 0 Å². The third-order valence-corrected chi connectivity index (χ3v) is 4.14. The molecule has 1 saturated carbocycles. The minimum absolute atomic E-state index is 0.684. The Labute approximate surface area is 94.4 Å². The summed E-state index contributed by atoms with van der Waals surface area (Å²) in [6, 6.07) is 1.47. The Kier molecular flexibility index (Phi) is 3.68. The highest BCUT2D eigenvalue weighted by Gasteiger charge is 2.33. The summed E-state index contributed by atoms with van der Waals surface area (Å²) >= 11 is 0. The lowest BCUT2D eigenvalue weighted by atomic mass is 9.94. The first kappa shape index (κ1) is 11.4. The third kappa shape index (κ3) is 2.94. The van der Waals surface area contributed by atoms with Crippen molar-refractivity contribution >= 4 is 0 Å². The van der Waals surface area contributed by atoms with E-state index in [1.165, 1.54) is 38.9 Å². The van der Waals surface area contributed by atoms with E-state index in [1.54, 1.807) is 0 Å². The van der Waals surface area contributed by atoms with Crippen LogP contribution in [0, 0.1) is 11.8 Å². The quantitative estimate of drug-likeness (QED) is 0.764. The van der Waals surface area contributed by atoms with Gasteiger partial charge in [0.05, 0.1) is 0 Å². The Bertz CT molecular complexity index is 199. The molecule has 0 spiro atoms. The van der Waals surface area contributed by atoms with Crippen molar-refractivity contribution in [2.75, 3.05) is 19.6 Å². The van der Waals surface area contributed by atoms with Crippen molar-refractivity contribution < 1.29 is 0 Å². The van der Waals surface area contributed by atoms with Crippen LogP contribution in [-0.4, -0.2) is 36.6 Å². The number of hydrogen-bond donors (Lipinski definition) is 1. The topological polar surface area (TPSA) is 15.3 Å². The van der Waals surface area contributed by atoms with E-state index in [-0.39, 0.29) is 0 Å². The average Bonchev–Trinajstić information content (AvgIpc) is 3.01. The van der Waals surface area contributed by atoms with Crippen molar-refractivity contribution in [1.29, 1.82) is 0 Å². The maximum Gasteiger partial charge on any atom is 0.0246 e. The van der Waals surface area contributed by atoms with Crippen molar-refractivity contribution in [3.8, 4) is 0 Å². The first-order valence-corrected chi connectivity index (χ1v) is 6.68. The lowest BCUT2D eigenvalue weighted by Gasteiger charge is -2.42. The second-order valence-electron chi connectivity index (χ2n) is 5.66. The largest absolute Gasteiger partial charge is 0.311 e. The lowest BCUT2D eigenvalue weighted by molar-refractivity contribution is 0.0909. The smallest absolute Gasteiger partial charge is 0.0246 e. The Morgan fingerprint density at radius 3 is 2.73 bits per heavy atom. The van der Waals surface area contributed by atoms with E-state index in [4.69, 9.17) is 0 Å².